The first-order chi connectivity index (χ1) is 8.63. The van der Waals surface area contributed by atoms with E-state index in [1.807, 2.05) is 12.1 Å². The Labute approximate surface area is 110 Å². The molecule has 0 heterocycles. The molecule has 0 spiro atoms. The van der Waals surface area contributed by atoms with Crippen molar-refractivity contribution in [2.24, 2.45) is 11.1 Å². The monoisotopic (exact) mass is 248 g/mol. The molecule has 1 unspecified atom stereocenters. The Morgan fingerprint density at radius 2 is 1.89 bits per heavy atom. The zero-order valence-electron chi connectivity index (χ0n) is 11.6. The third kappa shape index (κ3) is 2.25. The minimum Gasteiger partial charge on any atom is -0.497 e. The van der Waals surface area contributed by atoms with Gasteiger partial charge in [-0.25, -0.2) is 0 Å². The van der Waals surface area contributed by atoms with Gasteiger partial charge in [0.1, 0.15) is 5.75 Å². The molecule has 0 aromatic heterocycles. The van der Waals surface area contributed by atoms with Crippen molar-refractivity contribution in [2.45, 2.75) is 25.3 Å². The summed E-state index contributed by atoms with van der Waals surface area (Å²) in [4.78, 5) is 2.30. The van der Waals surface area contributed by atoms with Crippen LogP contribution >= 0.6 is 0 Å². The van der Waals surface area contributed by atoms with Gasteiger partial charge in [-0.2, -0.15) is 0 Å². The lowest BCUT2D eigenvalue weighted by molar-refractivity contribution is 0.0281. The van der Waals surface area contributed by atoms with Gasteiger partial charge in [-0.3, -0.25) is 0 Å². The Hall–Kier alpha value is -1.06. The Bertz CT molecular complexity index is 376. The molecule has 0 radical (unpaired) electrons. The number of ether oxygens (including phenoxy) is 1. The van der Waals surface area contributed by atoms with Crippen LogP contribution in [0.4, 0.5) is 0 Å². The van der Waals surface area contributed by atoms with Crippen LogP contribution in [0.1, 0.15) is 30.9 Å². The molecule has 100 valence electrons. The van der Waals surface area contributed by atoms with Gasteiger partial charge in [-0.15, -0.1) is 0 Å². The summed E-state index contributed by atoms with van der Waals surface area (Å²) in [5.41, 5.74) is 7.65. The quantitative estimate of drug-likeness (QED) is 0.869. The van der Waals surface area contributed by atoms with Crippen molar-refractivity contribution < 1.29 is 4.74 Å². The van der Waals surface area contributed by atoms with Gasteiger partial charge >= 0.3 is 0 Å². The molecule has 2 rings (SSSR count). The zero-order chi connectivity index (χ0) is 13.2. The number of nitrogens with zero attached hydrogens (tertiary/aromatic N) is 1. The fourth-order valence-corrected chi connectivity index (χ4v) is 3.21. The first-order valence-corrected chi connectivity index (χ1v) is 6.63. The highest BCUT2D eigenvalue weighted by Crippen LogP contribution is 2.51. The average Bonchev–Trinajstić information content (AvgIpc) is 2.33. The third-order valence-corrected chi connectivity index (χ3v) is 4.28. The van der Waals surface area contributed by atoms with Crippen molar-refractivity contribution in [3.63, 3.8) is 0 Å². The second-order valence-electron chi connectivity index (χ2n) is 5.56. The van der Waals surface area contributed by atoms with Gasteiger partial charge in [-0.05, 0) is 51.2 Å². The maximum atomic E-state index is 6.05. The summed E-state index contributed by atoms with van der Waals surface area (Å²) < 4.78 is 5.22. The van der Waals surface area contributed by atoms with Crippen molar-refractivity contribution in [3.05, 3.63) is 29.8 Å². The summed E-state index contributed by atoms with van der Waals surface area (Å²) in [5, 5.41) is 0. The van der Waals surface area contributed by atoms with Gasteiger partial charge < -0.3 is 15.4 Å². The minimum atomic E-state index is 0.262. The standard InChI is InChI=1S/C15H24N2O/c1-17(2)14(15(11-16)9-4-10-15)12-5-7-13(18-3)8-6-12/h5-8,14H,4,9-11,16H2,1-3H3. The van der Waals surface area contributed by atoms with E-state index in [9.17, 15) is 0 Å². The summed E-state index contributed by atoms with van der Waals surface area (Å²) in [6.07, 6.45) is 3.77. The van der Waals surface area contributed by atoms with Crippen molar-refractivity contribution in [3.8, 4) is 5.75 Å². The van der Waals surface area contributed by atoms with Crippen molar-refractivity contribution >= 4 is 0 Å². The lowest BCUT2D eigenvalue weighted by Crippen LogP contribution is -2.47. The van der Waals surface area contributed by atoms with E-state index in [2.05, 4.69) is 31.1 Å². The molecule has 0 bridgehead atoms. The second-order valence-corrected chi connectivity index (χ2v) is 5.56. The first kappa shape index (κ1) is 13.4. The van der Waals surface area contributed by atoms with E-state index in [4.69, 9.17) is 10.5 Å². The van der Waals surface area contributed by atoms with Crippen LogP contribution in [0.15, 0.2) is 24.3 Å². The van der Waals surface area contributed by atoms with Gasteiger partial charge in [0.15, 0.2) is 0 Å². The molecule has 1 aromatic rings. The summed E-state index contributed by atoms with van der Waals surface area (Å²) in [7, 11) is 5.99. The normalized spacial score (nSPS) is 19.4. The number of hydrogen-bond acceptors (Lipinski definition) is 3. The van der Waals surface area contributed by atoms with Gasteiger partial charge in [0, 0.05) is 11.5 Å². The van der Waals surface area contributed by atoms with Crippen LogP contribution in [0, 0.1) is 5.41 Å². The van der Waals surface area contributed by atoms with E-state index in [-0.39, 0.29) is 5.41 Å². The minimum absolute atomic E-state index is 0.262. The summed E-state index contributed by atoms with van der Waals surface area (Å²) in [6.45, 7) is 0.766. The molecule has 1 aliphatic rings. The Morgan fingerprint density at radius 1 is 1.28 bits per heavy atom. The van der Waals surface area contributed by atoms with E-state index >= 15 is 0 Å². The lowest BCUT2D eigenvalue weighted by atomic mass is 9.62. The molecule has 1 saturated carbocycles. The molecule has 3 heteroatoms. The smallest absolute Gasteiger partial charge is 0.118 e. The Kier molecular flexibility index (Phi) is 3.93. The van der Waals surface area contributed by atoms with Crippen LogP contribution in [-0.4, -0.2) is 32.6 Å². The number of methoxy groups -OCH3 is 1. The predicted octanol–water partition coefficient (Wildman–Crippen LogP) is 2.43. The van der Waals surface area contributed by atoms with Crippen LogP contribution in [-0.2, 0) is 0 Å². The SMILES string of the molecule is COc1ccc(C(N(C)C)C2(CN)CCC2)cc1. The molecule has 0 saturated heterocycles. The average molecular weight is 248 g/mol. The molecule has 18 heavy (non-hydrogen) atoms. The number of rotatable bonds is 5. The first-order valence-electron chi connectivity index (χ1n) is 6.63. The summed E-state index contributed by atoms with van der Waals surface area (Å²) in [5.74, 6) is 0.909. The summed E-state index contributed by atoms with van der Waals surface area (Å²) >= 11 is 0. The fourth-order valence-electron chi connectivity index (χ4n) is 3.21. The van der Waals surface area contributed by atoms with E-state index in [0.29, 0.717) is 6.04 Å². The van der Waals surface area contributed by atoms with Gasteiger partial charge in [0.2, 0.25) is 0 Å². The van der Waals surface area contributed by atoms with Gasteiger partial charge in [0.25, 0.3) is 0 Å². The molecule has 3 nitrogen and oxygen atoms in total. The third-order valence-electron chi connectivity index (χ3n) is 4.28. The maximum absolute atomic E-state index is 6.05. The van der Waals surface area contributed by atoms with Gasteiger partial charge in [-0.1, -0.05) is 18.6 Å². The predicted molar refractivity (Wildman–Crippen MR) is 74.8 cm³/mol. The Balaban J connectivity index is 2.29. The molecule has 1 aliphatic carbocycles. The molecule has 1 atom stereocenters. The van der Waals surface area contributed by atoms with Gasteiger partial charge in [0.05, 0.1) is 7.11 Å². The molecular weight excluding hydrogens is 224 g/mol. The Morgan fingerprint density at radius 3 is 2.22 bits per heavy atom. The number of benzene rings is 1. The van der Waals surface area contributed by atoms with E-state index in [0.717, 1.165) is 12.3 Å². The van der Waals surface area contributed by atoms with Crippen molar-refractivity contribution in [1.82, 2.24) is 4.90 Å². The van der Waals surface area contributed by atoms with E-state index < -0.39 is 0 Å². The molecule has 0 amide bonds. The maximum Gasteiger partial charge on any atom is 0.118 e. The van der Waals surface area contributed by atoms with Crippen LogP contribution in [0.3, 0.4) is 0 Å². The van der Waals surface area contributed by atoms with Crippen LogP contribution in [0.2, 0.25) is 0 Å². The molecule has 1 aromatic carbocycles. The lowest BCUT2D eigenvalue weighted by Gasteiger charge is -2.50. The van der Waals surface area contributed by atoms with Crippen LogP contribution in [0.25, 0.3) is 0 Å². The van der Waals surface area contributed by atoms with Crippen molar-refractivity contribution in [2.75, 3.05) is 27.7 Å². The highest BCUT2D eigenvalue weighted by atomic mass is 16.5. The topological polar surface area (TPSA) is 38.5 Å². The largest absolute Gasteiger partial charge is 0.497 e. The van der Waals surface area contributed by atoms with Crippen molar-refractivity contribution in [1.29, 1.82) is 0 Å². The highest BCUT2D eigenvalue weighted by molar-refractivity contribution is 5.31. The number of nitrogens with two attached hydrogens (primary N) is 1. The van der Waals surface area contributed by atoms with E-state index in [1.165, 1.54) is 24.8 Å². The molecule has 2 N–H and O–H groups in total. The zero-order valence-corrected chi connectivity index (χ0v) is 11.6. The van der Waals surface area contributed by atoms with Crippen LogP contribution < -0.4 is 10.5 Å². The van der Waals surface area contributed by atoms with E-state index in [1.54, 1.807) is 7.11 Å². The second kappa shape index (κ2) is 5.29. The summed E-state index contributed by atoms with van der Waals surface area (Å²) in [6, 6.07) is 8.81. The molecular formula is C15H24N2O. The van der Waals surface area contributed by atoms with Crippen LogP contribution in [0.5, 0.6) is 5.75 Å². The number of hydrogen-bond donors (Lipinski definition) is 1. The highest BCUT2D eigenvalue weighted by Gasteiger charge is 2.44. The molecule has 1 fully saturated rings. The fraction of sp³-hybridized carbons (Fsp3) is 0.600. The molecule has 0 aliphatic heterocycles.